The lowest BCUT2D eigenvalue weighted by atomic mass is 10.0. The van der Waals surface area contributed by atoms with E-state index in [-0.39, 0.29) is 18.4 Å². The lowest BCUT2D eigenvalue weighted by Gasteiger charge is -2.34. The monoisotopic (exact) mass is 441 g/mol. The molecule has 2 heterocycles. The number of fused-ring (bicyclic) bond motifs is 2. The highest BCUT2D eigenvalue weighted by Gasteiger charge is 2.34. The molecule has 4 aromatic rings. The van der Waals surface area contributed by atoms with Gasteiger partial charge in [-0.1, -0.05) is 54.5 Å². The zero-order valence-corrected chi connectivity index (χ0v) is 18.2. The number of nitrogens with zero attached hydrogens (tertiary/aromatic N) is 2. The van der Waals surface area contributed by atoms with Crippen LogP contribution in [0.4, 0.5) is 5.69 Å². The Bertz CT molecular complexity index is 1320. The van der Waals surface area contributed by atoms with Gasteiger partial charge in [0.25, 0.3) is 11.8 Å². The molecule has 0 radical (unpaired) electrons. The molecule has 0 spiro atoms. The lowest BCUT2D eigenvalue weighted by molar-refractivity contribution is -0.127. The number of carbonyl (C=O) groups is 2. The molecule has 3 aromatic carbocycles. The standard InChI is InChI=1S/C26H23N3O4/c1-2-14-27-25(30)23-16-29(21-10-6-7-11-22(21)32-23)26(31)18-12-13-20-19(15-18)24(33-28-20)17-8-4-3-5-9-17/h3-13,15,23H,2,14,16H2,1H3,(H,27,30)/t23-/m1/s1. The third kappa shape index (κ3) is 3.93. The molecule has 2 amide bonds. The molecule has 7 nitrogen and oxygen atoms in total. The van der Waals surface area contributed by atoms with Crippen molar-refractivity contribution in [3.05, 3.63) is 78.4 Å². The molecule has 5 rings (SSSR count). The Labute approximate surface area is 190 Å². The second-order valence-electron chi connectivity index (χ2n) is 7.89. The molecule has 0 saturated carbocycles. The van der Waals surface area contributed by atoms with E-state index in [0.29, 0.717) is 34.8 Å². The van der Waals surface area contributed by atoms with Crippen LogP contribution in [0.15, 0.2) is 77.3 Å². The molecule has 33 heavy (non-hydrogen) atoms. The van der Waals surface area contributed by atoms with Gasteiger partial charge in [-0.15, -0.1) is 0 Å². The minimum Gasteiger partial charge on any atom is -0.477 e. The molecule has 0 bridgehead atoms. The zero-order chi connectivity index (χ0) is 22.8. The molecular weight excluding hydrogens is 418 g/mol. The Morgan fingerprint density at radius 2 is 1.85 bits per heavy atom. The van der Waals surface area contributed by atoms with Crippen molar-refractivity contribution < 1.29 is 18.8 Å². The fourth-order valence-electron chi connectivity index (χ4n) is 3.95. The number of hydrogen-bond acceptors (Lipinski definition) is 5. The van der Waals surface area contributed by atoms with Gasteiger partial charge in [0.2, 0.25) is 0 Å². The zero-order valence-electron chi connectivity index (χ0n) is 18.2. The van der Waals surface area contributed by atoms with Crippen molar-refractivity contribution in [3.8, 4) is 17.1 Å². The van der Waals surface area contributed by atoms with Gasteiger partial charge in [0.1, 0.15) is 11.3 Å². The molecule has 1 atom stereocenters. The van der Waals surface area contributed by atoms with Crippen molar-refractivity contribution in [2.75, 3.05) is 18.0 Å². The number of para-hydroxylation sites is 2. The van der Waals surface area contributed by atoms with Gasteiger partial charge in [-0.3, -0.25) is 9.59 Å². The molecule has 0 fully saturated rings. The van der Waals surface area contributed by atoms with Crippen LogP contribution in [-0.4, -0.2) is 36.2 Å². The maximum Gasteiger partial charge on any atom is 0.262 e. The summed E-state index contributed by atoms with van der Waals surface area (Å²) in [7, 11) is 0. The van der Waals surface area contributed by atoms with Crippen molar-refractivity contribution in [1.29, 1.82) is 0 Å². The average molecular weight is 441 g/mol. The third-order valence-corrected chi connectivity index (χ3v) is 5.62. The minimum absolute atomic E-state index is 0.124. The predicted molar refractivity (Wildman–Crippen MR) is 125 cm³/mol. The van der Waals surface area contributed by atoms with Gasteiger partial charge >= 0.3 is 0 Å². The van der Waals surface area contributed by atoms with E-state index >= 15 is 0 Å². The summed E-state index contributed by atoms with van der Waals surface area (Å²) in [6.45, 7) is 2.66. The fourth-order valence-corrected chi connectivity index (χ4v) is 3.95. The summed E-state index contributed by atoms with van der Waals surface area (Å²) in [4.78, 5) is 27.9. The normalized spacial score (nSPS) is 15.1. The summed E-state index contributed by atoms with van der Waals surface area (Å²) >= 11 is 0. The maximum absolute atomic E-state index is 13.6. The molecule has 1 N–H and O–H groups in total. The topological polar surface area (TPSA) is 84.7 Å². The lowest BCUT2D eigenvalue weighted by Crippen LogP contribution is -2.50. The van der Waals surface area contributed by atoms with Crippen LogP contribution in [0.1, 0.15) is 23.7 Å². The second-order valence-corrected chi connectivity index (χ2v) is 7.89. The van der Waals surface area contributed by atoms with E-state index in [2.05, 4.69) is 10.5 Å². The van der Waals surface area contributed by atoms with E-state index in [1.807, 2.05) is 55.5 Å². The second kappa shape index (κ2) is 8.78. The Kier molecular flexibility index (Phi) is 5.52. The first-order chi connectivity index (χ1) is 16.2. The predicted octanol–water partition coefficient (Wildman–Crippen LogP) is 4.43. The summed E-state index contributed by atoms with van der Waals surface area (Å²) in [6.07, 6.45) is 0.0369. The fraction of sp³-hybridized carbons (Fsp3) is 0.192. The number of carbonyl (C=O) groups excluding carboxylic acids is 2. The van der Waals surface area contributed by atoms with E-state index in [4.69, 9.17) is 9.26 Å². The first kappa shape index (κ1) is 20.8. The van der Waals surface area contributed by atoms with Gasteiger partial charge in [-0.25, -0.2) is 0 Å². The van der Waals surface area contributed by atoms with Crippen LogP contribution in [0.5, 0.6) is 5.75 Å². The van der Waals surface area contributed by atoms with Gasteiger partial charge in [0, 0.05) is 17.7 Å². The van der Waals surface area contributed by atoms with Gasteiger partial charge in [-0.05, 0) is 36.8 Å². The first-order valence-corrected chi connectivity index (χ1v) is 11.0. The maximum atomic E-state index is 13.6. The molecule has 0 aliphatic carbocycles. The Hall–Kier alpha value is -4.13. The number of rotatable bonds is 5. The van der Waals surface area contributed by atoms with Crippen LogP contribution in [0.25, 0.3) is 22.2 Å². The Morgan fingerprint density at radius 3 is 2.67 bits per heavy atom. The first-order valence-electron chi connectivity index (χ1n) is 11.0. The molecule has 166 valence electrons. The minimum atomic E-state index is -0.783. The number of aromatic nitrogens is 1. The molecule has 0 unspecified atom stereocenters. The smallest absolute Gasteiger partial charge is 0.262 e. The van der Waals surface area contributed by atoms with E-state index in [1.165, 1.54) is 0 Å². The highest BCUT2D eigenvalue weighted by atomic mass is 16.5. The highest BCUT2D eigenvalue weighted by molar-refractivity contribution is 6.10. The molecule has 1 aromatic heterocycles. The van der Waals surface area contributed by atoms with Gasteiger partial charge in [0.15, 0.2) is 11.9 Å². The number of ether oxygens (including phenoxy) is 1. The van der Waals surface area contributed by atoms with Crippen LogP contribution in [-0.2, 0) is 4.79 Å². The molecule has 7 heteroatoms. The number of anilines is 1. The van der Waals surface area contributed by atoms with Crippen LogP contribution in [0.3, 0.4) is 0 Å². The largest absolute Gasteiger partial charge is 0.477 e. The van der Waals surface area contributed by atoms with Crippen LogP contribution in [0, 0.1) is 0 Å². The number of benzene rings is 3. The van der Waals surface area contributed by atoms with E-state index in [9.17, 15) is 9.59 Å². The summed E-state index contributed by atoms with van der Waals surface area (Å²) in [5.74, 6) is 0.662. The Morgan fingerprint density at radius 1 is 1.06 bits per heavy atom. The number of hydrogen-bond donors (Lipinski definition) is 1. The van der Waals surface area contributed by atoms with Crippen molar-refractivity contribution in [2.45, 2.75) is 19.4 Å². The molecule has 0 saturated heterocycles. The van der Waals surface area contributed by atoms with Crippen LogP contribution >= 0.6 is 0 Å². The van der Waals surface area contributed by atoms with Gasteiger partial charge in [0.05, 0.1) is 17.6 Å². The quantitative estimate of drug-likeness (QED) is 0.495. The highest BCUT2D eigenvalue weighted by Crippen LogP contribution is 2.35. The van der Waals surface area contributed by atoms with Crippen molar-refractivity contribution >= 4 is 28.4 Å². The van der Waals surface area contributed by atoms with Crippen molar-refractivity contribution in [1.82, 2.24) is 10.5 Å². The number of nitrogens with one attached hydrogen (secondary N) is 1. The summed E-state index contributed by atoms with van der Waals surface area (Å²) < 4.78 is 11.5. The molecule has 1 aliphatic rings. The van der Waals surface area contributed by atoms with E-state index in [0.717, 1.165) is 17.4 Å². The van der Waals surface area contributed by atoms with Gasteiger partial charge < -0.3 is 19.5 Å². The molecular formula is C26H23N3O4. The summed E-state index contributed by atoms with van der Waals surface area (Å²) in [5, 5.41) is 7.75. The summed E-state index contributed by atoms with van der Waals surface area (Å²) in [5.41, 5.74) is 2.67. The third-order valence-electron chi connectivity index (χ3n) is 5.62. The number of amides is 2. The van der Waals surface area contributed by atoms with E-state index in [1.54, 1.807) is 29.2 Å². The van der Waals surface area contributed by atoms with Crippen molar-refractivity contribution in [3.63, 3.8) is 0 Å². The summed E-state index contributed by atoms with van der Waals surface area (Å²) in [6, 6.07) is 22.2. The van der Waals surface area contributed by atoms with E-state index < -0.39 is 6.10 Å². The van der Waals surface area contributed by atoms with Crippen molar-refractivity contribution in [2.24, 2.45) is 0 Å². The molecule has 1 aliphatic heterocycles. The SMILES string of the molecule is CCCNC(=O)[C@H]1CN(C(=O)c2ccc3noc(-c4ccccc4)c3c2)c2ccccc2O1. The van der Waals surface area contributed by atoms with Gasteiger partial charge in [-0.2, -0.15) is 0 Å². The van der Waals surface area contributed by atoms with Crippen LogP contribution < -0.4 is 15.0 Å². The Balaban J connectivity index is 1.51. The average Bonchev–Trinajstić information content (AvgIpc) is 3.30. The van der Waals surface area contributed by atoms with Crippen LogP contribution in [0.2, 0.25) is 0 Å².